The second-order valence-corrected chi connectivity index (χ2v) is 7.87. The number of furan rings is 1. The van der Waals surface area contributed by atoms with E-state index in [4.69, 9.17) is 9.52 Å². The summed E-state index contributed by atoms with van der Waals surface area (Å²) in [5.74, 6) is -0.504. The third-order valence-corrected chi connectivity index (χ3v) is 5.73. The fourth-order valence-electron chi connectivity index (χ4n) is 3.16. The number of hydrogen-bond acceptors (Lipinski definition) is 5. The third kappa shape index (κ3) is 4.77. The molecule has 1 atom stereocenters. The zero-order valence-electron chi connectivity index (χ0n) is 15.0. The van der Waals surface area contributed by atoms with Gasteiger partial charge in [0.25, 0.3) is 5.91 Å². The highest BCUT2D eigenvalue weighted by atomic mass is 32.1. The van der Waals surface area contributed by atoms with E-state index in [0.717, 1.165) is 29.7 Å². The van der Waals surface area contributed by atoms with E-state index in [0.29, 0.717) is 22.2 Å². The molecule has 0 saturated heterocycles. The number of anilines is 1. The van der Waals surface area contributed by atoms with Crippen LogP contribution in [-0.4, -0.2) is 22.9 Å². The molecule has 1 aliphatic carbocycles. The number of aliphatic carboxylic acids is 1. The number of carbonyl (C=O) groups is 3. The van der Waals surface area contributed by atoms with Gasteiger partial charge in [-0.2, -0.15) is 0 Å². The monoisotopic (exact) mass is 390 g/mol. The summed E-state index contributed by atoms with van der Waals surface area (Å²) in [5, 5.41) is 14.8. The molecule has 2 aromatic rings. The lowest BCUT2D eigenvalue weighted by molar-refractivity contribution is -0.138. The van der Waals surface area contributed by atoms with Gasteiger partial charge in [-0.15, -0.1) is 11.3 Å². The largest absolute Gasteiger partial charge is 0.481 e. The van der Waals surface area contributed by atoms with E-state index >= 15 is 0 Å². The van der Waals surface area contributed by atoms with E-state index in [9.17, 15) is 14.4 Å². The zero-order chi connectivity index (χ0) is 19.4. The lowest BCUT2D eigenvalue weighted by Gasteiger charge is -2.18. The van der Waals surface area contributed by atoms with E-state index in [1.165, 1.54) is 11.3 Å². The van der Waals surface area contributed by atoms with Gasteiger partial charge in [0.1, 0.15) is 10.8 Å². The minimum atomic E-state index is -1.03. The Hall–Kier alpha value is -2.61. The molecule has 7 nitrogen and oxygen atoms in total. The maximum Gasteiger partial charge on any atom is 0.303 e. The average molecular weight is 390 g/mol. The molecule has 27 heavy (non-hydrogen) atoms. The van der Waals surface area contributed by atoms with Crippen LogP contribution in [-0.2, 0) is 29.0 Å². The third-order valence-electron chi connectivity index (χ3n) is 4.56. The topological polar surface area (TPSA) is 109 Å². The average Bonchev–Trinajstić information content (AvgIpc) is 3.24. The van der Waals surface area contributed by atoms with Gasteiger partial charge in [0.15, 0.2) is 0 Å². The molecule has 0 aliphatic heterocycles. The van der Waals surface area contributed by atoms with Crippen molar-refractivity contribution in [3.63, 3.8) is 0 Å². The maximum atomic E-state index is 12.8. The molecule has 0 aromatic carbocycles. The first-order chi connectivity index (χ1) is 12.9. The molecule has 3 rings (SSSR count). The van der Waals surface area contributed by atoms with Crippen LogP contribution in [0.4, 0.5) is 5.00 Å². The van der Waals surface area contributed by atoms with Crippen molar-refractivity contribution in [1.29, 1.82) is 0 Å². The van der Waals surface area contributed by atoms with Crippen LogP contribution in [0.1, 0.15) is 52.7 Å². The normalized spacial score (nSPS) is 15.8. The molecule has 2 amide bonds. The number of thiophene rings is 1. The lowest BCUT2D eigenvalue weighted by atomic mass is 9.88. The van der Waals surface area contributed by atoms with Crippen LogP contribution >= 0.6 is 11.3 Å². The zero-order valence-corrected chi connectivity index (χ0v) is 15.9. The van der Waals surface area contributed by atoms with E-state index in [1.54, 1.807) is 18.4 Å². The molecule has 0 saturated carbocycles. The number of nitrogens with one attached hydrogen (secondary N) is 2. The van der Waals surface area contributed by atoms with Crippen LogP contribution < -0.4 is 10.6 Å². The van der Waals surface area contributed by atoms with Crippen molar-refractivity contribution in [2.24, 2.45) is 5.92 Å². The molecule has 0 radical (unpaired) electrons. The second kappa shape index (κ2) is 8.39. The van der Waals surface area contributed by atoms with Gasteiger partial charge in [0.05, 0.1) is 24.8 Å². The van der Waals surface area contributed by atoms with Gasteiger partial charge in [0, 0.05) is 11.3 Å². The Labute approximate surface area is 160 Å². The molecular weight excluding hydrogens is 368 g/mol. The van der Waals surface area contributed by atoms with Crippen molar-refractivity contribution in [3.05, 3.63) is 40.2 Å². The number of fused-ring (bicyclic) bond motifs is 1. The standard InChI is InChI=1S/C19H22N2O5S/c1-11-4-5-13-14(9-11)27-19(21-15(22)6-7-16(23)24)17(13)18(25)20-10-12-3-2-8-26-12/h2-3,8,11H,4-7,9-10H2,1H3,(H,20,25)(H,21,22)(H,23,24)/t11-/m0/s1. The first-order valence-electron chi connectivity index (χ1n) is 8.90. The predicted molar refractivity (Wildman–Crippen MR) is 101 cm³/mol. The predicted octanol–water partition coefficient (Wildman–Crippen LogP) is 3.20. The Morgan fingerprint density at radius 1 is 1.33 bits per heavy atom. The second-order valence-electron chi connectivity index (χ2n) is 6.76. The van der Waals surface area contributed by atoms with Crippen molar-refractivity contribution >= 4 is 34.1 Å². The van der Waals surface area contributed by atoms with Gasteiger partial charge in [-0.1, -0.05) is 6.92 Å². The molecule has 0 bridgehead atoms. The number of carboxylic acids is 1. The Morgan fingerprint density at radius 2 is 2.15 bits per heavy atom. The number of carbonyl (C=O) groups excluding carboxylic acids is 2. The van der Waals surface area contributed by atoms with Crippen molar-refractivity contribution in [2.75, 3.05) is 5.32 Å². The molecule has 0 spiro atoms. The highest BCUT2D eigenvalue weighted by Crippen LogP contribution is 2.39. The van der Waals surface area contributed by atoms with Gasteiger partial charge in [-0.05, 0) is 42.9 Å². The minimum absolute atomic E-state index is 0.123. The highest BCUT2D eigenvalue weighted by molar-refractivity contribution is 7.17. The summed E-state index contributed by atoms with van der Waals surface area (Å²) in [4.78, 5) is 36.7. The summed E-state index contributed by atoms with van der Waals surface area (Å²) in [6.07, 6.45) is 3.85. The van der Waals surface area contributed by atoms with Crippen molar-refractivity contribution in [2.45, 2.75) is 45.6 Å². The summed E-state index contributed by atoms with van der Waals surface area (Å²) in [6.45, 7) is 2.43. The number of carboxylic acid groups (broad SMARTS) is 1. The molecule has 2 heterocycles. The molecular formula is C19H22N2O5S. The molecule has 0 fully saturated rings. The fraction of sp³-hybridized carbons (Fsp3) is 0.421. The summed E-state index contributed by atoms with van der Waals surface area (Å²) in [6, 6.07) is 3.53. The van der Waals surface area contributed by atoms with Crippen molar-refractivity contribution in [3.8, 4) is 0 Å². The SMILES string of the molecule is C[C@H]1CCc2c(sc(NC(=O)CCC(=O)O)c2C(=O)NCc2ccco2)C1. The summed E-state index contributed by atoms with van der Waals surface area (Å²) in [5.41, 5.74) is 1.49. The van der Waals surface area contributed by atoms with Gasteiger partial charge < -0.3 is 20.2 Å². The number of amides is 2. The van der Waals surface area contributed by atoms with Gasteiger partial charge in [-0.25, -0.2) is 0 Å². The van der Waals surface area contributed by atoms with E-state index in [2.05, 4.69) is 17.6 Å². The molecule has 3 N–H and O–H groups in total. The van der Waals surface area contributed by atoms with E-state index in [1.807, 2.05) is 0 Å². The Balaban J connectivity index is 1.80. The molecule has 144 valence electrons. The lowest BCUT2D eigenvalue weighted by Crippen LogP contribution is -2.25. The Bertz CT molecular complexity index is 841. The van der Waals surface area contributed by atoms with Crippen LogP contribution in [0.25, 0.3) is 0 Å². The first-order valence-corrected chi connectivity index (χ1v) is 9.72. The number of rotatable bonds is 7. The fourth-order valence-corrected chi connectivity index (χ4v) is 4.58. The molecule has 2 aromatic heterocycles. The smallest absolute Gasteiger partial charge is 0.303 e. The number of hydrogen-bond donors (Lipinski definition) is 3. The van der Waals surface area contributed by atoms with E-state index < -0.39 is 11.9 Å². The molecule has 8 heteroatoms. The highest BCUT2D eigenvalue weighted by Gasteiger charge is 2.28. The van der Waals surface area contributed by atoms with Crippen LogP contribution in [0, 0.1) is 5.92 Å². The Kier molecular flexibility index (Phi) is 5.95. The maximum absolute atomic E-state index is 12.8. The summed E-state index contributed by atoms with van der Waals surface area (Å²) in [7, 11) is 0. The van der Waals surface area contributed by atoms with Gasteiger partial charge >= 0.3 is 5.97 Å². The van der Waals surface area contributed by atoms with Gasteiger partial charge in [-0.3, -0.25) is 14.4 Å². The van der Waals surface area contributed by atoms with Crippen molar-refractivity contribution < 1.29 is 23.9 Å². The van der Waals surface area contributed by atoms with E-state index in [-0.39, 0.29) is 25.3 Å². The van der Waals surface area contributed by atoms with Crippen LogP contribution in [0.15, 0.2) is 22.8 Å². The quantitative estimate of drug-likeness (QED) is 0.673. The molecule has 0 unspecified atom stereocenters. The summed E-state index contributed by atoms with van der Waals surface area (Å²) >= 11 is 1.42. The van der Waals surface area contributed by atoms with Gasteiger partial charge in [0.2, 0.25) is 5.91 Å². The van der Waals surface area contributed by atoms with Crippen molar-refractivity contribution in [1.82, 2.24) is 5.32 Å². The van der Waals surface area contributed by atoms with Crippen LogP contribution in [0.2, 0.25) is 0 Å². The summed E-state index contributed by atoms with van der Waals surface area (Å²) < 4.78 is 5.24. The molecule has 1 aliphatic rings. The van der Waals surface area contributed by atoms with Crippen LogP contribution in [0.5, 0.6) is 0 Å². The first kappa shape index (κ1) is 19.2. The Morgan fingerprint density at radius 3 is 2.85 bits per heavy atom. The minimum Gasteiger partial charge on any atom is -0.481 e. The van der Waals surface area contributed by atoms with Crippen LogP contribution in [0.3, 0.4) is 0 Å².